The minimum Gasteiger partial charge on any atom is -0.384 e. The van der Waals surface area contributed by atoms with Gasteiger partial charge < -0.3 is 15.1 Å². The van der Waals surface area contributed by atoms with Crippen LogP contribution in [0.5, 0.6) is 0 Å². The lowest BCUT2D eigenvalue weighted by Gasteiger charge is -2.36. The summed E-state index contributed by atoms with van der Waals surface area (Å²) < 4.78 is 1.27. The van der Waals surface area contributed by atoms with Crippen LogP contribution in [0.25, 0.3) is 21.5 Å². The van der Waals surface area contributed by atoms with E-state index in [1.807, 2.05) is 0 Å². The largest absolute Gasteiger partial charge is 0.384 e. The van der Waals surface area contributed by atoms with Crippen molar-refractivity contribution in [2.45, 2.75) is 57.5 Å². The van der Waals surface area contributed by atoms with Gasteiger partial charge in [0.2, 0.25) is 0 Å². The van der Waals surface area contributed by atoms with Gasteiger partial charge in [0.25, 0.3) is 0 Å². The average Bonchev–Trinajstić information content (AvgIpc) is 3.70. The summed E-state index contributed by atoms with van der Waals surface area (Å²) in [5.74, 6) is 0. The molecule has 0 spiro atoms. The Morgan fingerprint density at radius 3 is 2.39 bits per heavy atom. The molecule has 0 aliphatic carbocycles. The van der Waals surface area contributed by atoms with E-state index in [1.165, 1.54) is 112 Å². The van der Waals surface area contributed by atoms with Crippen LogP contribution in [0.2, 0.25) is 0 Å². The summed E-state index contributed by atoms with van der Waals surface area (Å²) in [4.78, 5) is 13.0. The number of benzene rings is 1. The van der Waals surface area contributed by atoms with Crippen molar-refractivity contribution < 1.29 is 0 Å². The summed E-state index contributed by atoms with van der Waals surface area (Å²) >= 11 is 1.79. The van der Waals surface area contributed by atoms with Crippen molar-refractivity contribution >= 4 is 27.2 Å². The van der Waals surface area contributed by atoms with Crippen molar-refractivity contribution in [2.24, 2.45) is 0 Å². The van der Waals surface area contributed by atoms with Gasteiger partial charge in [-0.25, -0.2) is 4.98 Å². The third kappa shape index (κ3) is 5.77. The van der Waals surface area contributed by atoms with Gasteiger partial charge in [-0.3, -0.25) is 4.90 Å². The number of thiophene rings is 1. The molecule has 2 aromatic heterocycles. The number of piperidine rings is 1. The Labute approximate surface area is 220 Å². The first kappa shape index (κ1) is 24.4. The molecule has 0 amide bonds. The van der Waals surface area contributed by atoms with E-state index in [0.717, 1.165) is 30.3 Å². The van der Waals surface area contributed by atoms with Crippen LogP contribution in [0.4, 0.5) is 5.69 Å². The van der Waals surface area contributed by atoms with Crippen LogP contribution >= 0.6 is 11.3 Å². The van der Waals surface area contributed by atoms with Crippen molar-refractivity contribution in [3.05, 3.63) is 47.3 Å². The van der Waals surface area contributed by atoms with E-state index in [2.05, 4.69) is 61.8 Å². The van der Waals surface area contributed by atoms with E-state index < -0.39 is 0 Å². The molecule has 6 rings (SSSR count). The Hall–Kier alpha value is -1.99. The molecule has 1 N–H and O–H groups in total. The number of aromatic nitrogens is 1. The Bertz CT molecular complexity index is 1110. The smallest absolute Gasteiger partial charge is 0.0838 e. The van der Waals surface area contributed by atoms with E-state index in [-0.39, 0.29) is 0 Å². The minimum atomic E-state index is 0.846. The molecule has 1 aromatic carbocycles. The lowest BCUT2D eigenvalue weighted by atomic mass is 10.0. The Balaban J connectivity index is 1.03. The SMILES string of the molecule is c1cc2nc(-c3ccc(CN4CCCC4)cc3)cc(NCCCN3CCC(N4CCCC4)CC3)c2s1. The highest BCUT2D eigenvalue weighted by molar-refractivity contribution is 7.17. The summed E-state index contributed by atoms with van der Waals surface area (Å²) in [5, 5.41) is 5.93. The van der Waals surface area contributed by atoms with Crippen molar-refractivity contribution in [2.75, 3.05) is 57.7 Å². The van der Waals surface area contributed by atoms with Crippen LogP contribution in [-0.4, -0.2) is 78.1 Å². The summed E-state index contributed by atoms with van der Waals surface area (Å²) in [5.41, 5.74) is 6.02. The van der Waals surface area contributed by atoms with Crippen LogP contribution in [0, 0.1) is 0 Å². The molecule has 3 aliphatic heterocycles. The molecule has 3 aliphatic rings. The fourth-order valence-corrected chi connectivity index (χ4v) is 7.18. The van der Waals surface area contributed by atoms with Crippen LogP contribution in [0.3, 0.4) is 0 Å². The van der Waals surface area contributed by atoms with Gasteiger partial charge in [-0.15, -0.1) is 11.3 Å². The standard InChI is InChI=1S/C30H41N5S/c1-2-15-34(14-1)23-24-6-8-25(9-7-24)28-22-29(30-27(32-28)12-21-36-30)31-13-5-16-33-19-10-26(11-20-33)35-17-3-4-18-35/h6-9,12,21-22,26H,1-5,10-11,13-20,23H2,(H,31,32). The zero-order valence-electron chi connectivity index (χ0n) is 21.6. The highest BCUT2D eigenvalue weighted by Crippen LogP contribution is 2.32. The van der Waals surface area contributed by atoms with E-state index in [0.29, 0.717) is 0 Å². The van der Waals surface area contributed by atoms with Gasteiger partial charge in [0.05, 0.1) is 21.6 Å². The maximum Gasteiger partial charge on any atom is 0.0838 e. The number of pyridine rings is 1. The summed E-state index contributed by atoms with van der Waals surface area (Å²) in [6.07, 6.45) is 9.39. The maximum atomic E-state index is 4.99. The predicted octanol–water partition coefficient (Wildman–Crippen LogP) is 5.92. The molecule has 6 heteroatoms. The first-order valence-electron chi connectivity index (χ1n) is 14.2. The second kappa shape index (κ2) is 11.6. The molecular formula is C30H41N5S. The van der Waals surface area contributed by atoms with Crippen LogP contribution in [0.1, 0.15) is 50.5 Å². The highest BCUT2D eigenvalue weighted by atomic mass is 32.1. The van der Waals surface area contributed by atoms with E-state index in [9.17, 15) is 0 Å². The lowest BCUT2D eigenvalue weighted by Crippen LogP contribution is -2.44. The van der Waals surface area contributed by atoms with Crippen molar-refractivity contribution in [1.29, 1.82) is 0 Å². The van der Waals surface area contributed by atoms with Gasteiger partial charge in [-0.05, 0) is 114 Å². The number of nitrogens with one attached hydrogen (secondary N) is 1. The Morgan fingerprint density at radius 2 is 1.61 bits per heavy atom. The molecule has 3 aromatic rings. The third-order valence-corrected chi connectivity index (χ3v) is 9.38. The first-order chi connectivity index (χ1) is 17.8. The highest BCUT2D eigenvalue weighted by Gasteiger charge is 2.26. The Morgan fingerprint density at radius 1 is 0.861 bits per heavy atom. The molecule has 0 atom stereocenters. The number of hydrogen-bond donors (Lipinski definition) is 1. The van der Waals surface area contributed by atoms with Gasteiger partial charge in [-0.1, -0.05) is 24.3 Å². The number of hydrogen-bond acceptors (Lipinski definition) is 6. The fraction of sp³-hybridized carbons (Fsp3) is 0.567. The monoisotopic (exact) mass is 503 g/mol. The third-order valence-electron chi connectivity index (χ3n) is 8.45. The number of fused-ring (bicyclic) bond motifs is 1. The second-order valence-corrected chi connectivity index (χ2v) is 11.9. The molecule has 3 saturated heterocycles. The topological polar surface area (TPSA) is 34.6 Å². The molecule has 5 heterocycles. The van der Waals surface area contributed by atoms with Gasteiger partial charge in [-0.2, -0.15) is 0 Å². The summed E-state index contributed by atoms with van der Waals surface area (Å²) in [7, 11) is 0. The molecule has 0 bridgehead atoms. The second-order valence-electron chi connectivity index (χ2n) is 11.0. The molecule has 3 fully saturated rings. The molecule has 0 unspecified atom stereocenters. The molecule has 0 saturated carbocycles. The van der Waals surface area contributed by atoms with Crippen molar-refractivity contribution in [3.8, 4) is 11.3 Å². The van der Waals surface area contributed by atoms with E-state index in [1.54, 1.807) is 11.3 Å². The lowest BCUT2D eigenvalue weighted by molar-refractivity contribution is 0.127. The number of anilines is 1. The van der Waals surface area contributed by atoms with E-state index in [4.69, 9.17) is 4.98 Å². The summed E-state index contributed by atoms with van der Waals surface area (Å²) in [6, 6.07) is 14.3. The van der Waals surface area contributed by atoms with Gasteiger partial charge in [0, 0.05) is 24.7 Å². The fourth-order valence-electron chi connectivity index (χ4n) is 6.36. The van der Waals surface area contributed by atoms with Gasteiger partial charge in [0.15, 0.2) is 0 Å². The van der Waals surface area contributed by atoms with Crippen LogP contribution in [0.15, 0.2) is 41.8 Å². The van der Waals surface area contributed by atoms with Gasteiger partial charge in [0.1, 0.15) is 0 Å². The summed E-state index contributed by atoms with van der Waals surface area (Å²) in [6.45, 7) is 11.0. The minimum absolute atomic E-state index is 0.846. The Kier molecular flexibility index (Phi) is 7.84. The quantitative estimate of drug-likeness (QED) is 0.367. The van der Waals surface area contributed by atoms with E-state index >= 15 is 0 Å². The molecule has 5 nitrogen and oxygen atoms in total. The van der Waals surface area contributed by atoms with Crippen molar-refractivity contribution in [1.82, 2.24) is 19.7 Å². The predicted molar refractivity (Wildman–Crippen MR) is 153 cm³/mol. The number of nitrogens with zero attached hydrogens (tertiary/aromatic N) is 4. The van der Waals surface area contributed by atoms with Gasteiger partial charge >= 0.3 is 0 Å². The van der Waals surface area contributed by atoms with Crippen LogP contribution in [-0.2, 0) is 6.54 Å². The normalized spacial score (nSPS) is 20.6. The molecule has 192 valence electrons. The molecular weight excluding hydrogens is 462 g/mol. The van der Waals surface area contributed by atoms with Crippen molar-refractivity contribution in [3.63, 3.8) is 0 Å². The molecule has 0 radical (unpaired) electrons. The zero-order valence-corrected chi connectivity index (χ0v) is 22.4. The van der Waals surface area contributed by atoms with Crippen LogP contribution < -0.4 is 5.32 Å². The first-order valence-corrected chi connectivity index (χ1v) is 15.1. The average molecular weight is 504 g/mol. The number of rotatable bonds is 9. The number of likely N-dealkylation sites (tertiary alicyclic amines) is 3. The maximum absolute atomic E-state index is 4.99. The molecule has 36 heavy (non-hydrogen) atoms. The zero-order chi connectivity index (χ0) is 24.2.